The van der Waals surface area contributed by atoms with E-state index in [1.54, 1.807) is 7.11 Å². The third-order valence-corrected chi connectivity index (χ3v) is 2.99. The fourth-order valence-electron chi connectivity index (χ4n) is 1.97. The van der Waals surface area contributed by atoms with Crippen LogP contribution in [0.2, 0.25) is 0 Å². The predicted molar refractivity (Wildman–Crippen MR) is 65.3 cm³/mol. The average molecular weight is 215 g/mol. The van der Waals surface area contributed by atoms with Crippen LogP contribution in [0.3, 0.4) is 0 Å². The van der Waals surface area contributed by atoms with Gasteiger partial charge in [0.1, 0.15) is 5.75 Å². The van der Waals surface area contributed by atoms with Crippen molar-refractivity contribution in [2.75, 3.05) is 13.7 Å². The van der Waals surface area contributed by atoms with E-state index in [-0.39, 0.29) is 0 Å². The zero-order chi connectivity index (χ0) is 11.4. The predicted octanol–water partition coefficient (Wildman–Crippen LogP) is 2.37. The second kappa shape index (κ2) is 5.05. The second-order valence-electron chi connectivity index (χ2n) is 4.17. The van der Waals surface area contributed by atoms with Crippen molar-refractivity contribution >= 4 is 0 Å². The van der Waals surface area contributed by atoms with Gasteiger partial charge in [0, 0.05) is 6.04 Å². The molecule has 0 amide bonds. The third-order valence-electron chi connectivity index (χ3n) is 2.99. The molecule has 1 aromatic rings. The lowest BCUT2D eigenvalue weighted by Gasteiger charge is -2.17. The molecule has 2 nitrogen and oxygen atoms in total. The van der Waals surface area contributed by atoms with Crippen LogP contribution in [0.4, 0.5) is 0 Å². The Hall–Kier alpha value is -1.46. The summed E-state index contributed by atoms with van der Waals surface area (Å²) in [4.78, 5) is 0. The average Bonchev–Trinajstić information content (AvgIpc) is 3.15. The second-order valence-corrected chi connectivity index (χ2v) is 4.17. The molecule has 0 spiro atoms. The fraction of sp³-hybridized carbons (Fsp3) is 0.429. The first-order chi connectivity index (χ1) is 7.85. The van der Waals surface area contributed by atoms with Crippen molar-refractivity contribution in [3.63, 3.8) is 0 Å². The van der Waals surface area contributed by atoms with Gasteiger partial charge in [-0.3, -0.25) is 5.32 Å². The highest BCUT2D eigenvalue weighted by atomic mass is 16.5. The number of methoxy groups -OCH3 is 1. The molecule has 1 aliphatic rings. The number of hydrogen-bond acceptors (Lipinski definition) is 2. The number of benzene rings is 1. The summed E-state index contributed by atoms with van der Waals surface area (Å²) in [6.07, 6.45) is 7.89. The summed E-state index contributed by atoms with van der Waals surface area (Å²) >= 11 is 0. The Balaban J connectivity index is 2.08. The van der Waals surface area contributed by atoms with Gasteiger partial charge in [-0.05, 0) is 36.5 Å². The molecule has 1 N–H and O–H groups in total. The largest absolute Gasteiger partial charge is 0.497 e. The van der Waals surface area contributed by atoms with Crippen LogP contribution in [0.15, 0.2) is 24.3 Å². The van der Waals surface area contributed by atoms with E-state index in [1.807, 2.05) is 12.1 Å². The van der Waals surface area contributed by atoms with Crippen LogP contribution in [0.5, 0.6) is 5.75 Å². The van der Waals surface area contributed by atoms with Gasteiger partial charge in [0.15, 0.2) is 0 Å². The number of ether oxygens (including phenoxy) is 1. The molecular formula is C14H17NO. The molecule has 0 aromatic heterocycles. The Morgan fingerprint density at radius 3 is 2.62 bits per heavy atom. The monoisotopic (exact) mass is 215 g/mol. The van der Waals surface area contributed by atoms with Gasteiger partial charge in [-0.25, -0.2) is 0 Å². The van der Waals surface area contributed by atoms with E-state index < -0.39 is 0 Å². The van der Waals surface area contributed by atoms with Crippen LogP contribution in [0.1, 0.15) is 24.4 Å². The molecule has 2 heteroatoms. The maximum atomic E-state index is 5.29. The number of hydrogen-bond donors (Lipinski definition) is 1. The maximum Gasteiger partial charge on any atom is 0.118 e. The van der Waals surface area contributed by atoms with Gasteiger partial charge >= 0.3 is 0 Å². The Labute approximate surface area is 97.0 Å². The van der Waals surface area contributed by atoms with Crippen LogP contribution in [-0.2, 0) is 0 Å². The maximum absolute atomic E-state index is 5.29. The van der Waals surface area contributed by atoms with Crippen LogP contribution >= 0.6 is 0 Å². The van der Waals surface area contributed by atoms with Crippen molar-refractivity contribution in [3.8, 4) is 18.1 Å². The van der Waals surface area contributed by atoms with Crippen molar-refractivity contribution in [3.05, 3.63) is 29.8 Å². The Bertz CT molecular complexity index is 373. The quantitative estimate of drug-likeness (QED) is 0.761. The topological polar surface area (TPSA) is 21.3 Å². The Kier molecular flexibility index (Phi) is 3.48. The van der Waals surface area contributed by atoms with Crippen LogP contribution in [-0.4, -0.2) is 13.7 Å². The van der Waals surface area contributed by atoms with E-state index in [2.05, 4.69) is 23.4 Å². The number of terminal acetylenes is 1. The van der Waals surface area contributed by atoms with E-state index >= 15 is 0 Å². The summed E-state index contributed by atoms with van der Waals surface area (Å²) in [6.45, 7) is 0.632. The SMILES string of the molecule is C#CCNC(c1ccc(OC)cc1)C1CC1. The molecule has 0 bridgehead atoms. The lowest BCUT2D eigenvalue weighted by atomic mass is 10.0. The minimum atomic E-state index is 0.405. The highest BCUT2D eigenvalue weighted by Gasteiger charge is 2.31. The Morgan fingerprint density at radius 1 is 1.44 bits per heavy atom. The summed E-state index contributed by atoms with van der Waals surface area (Å²) < 4.78 is 5.15. The van der Waals surface area contributed by atoms with Crippen molar-refractivity contribution in [1.82, 2.24) is 5.32 Å². The molecule has 1 unspecified atom stereocenters. The number of rotatable bonds is 5. The smallest absolute Gasteiger partial charge is 0.118 e. The lowest BCUT2D eigenvalue weighted by Crippen LogP contribution is -2.23. The minimum Gasteiger partial charge on any atom is -0.497 e. The molecule has 1 atom stereocenters. The van der Waals surface area contributed by atoms with E-state index in [0.29, 0.717) is 12.6 Å². The van der Waals surface area contributed by atoms with Crippen LogP contribution in [0, 0.1) is 18.3 Å². The van der Waals surface area contributed by atoms with E-state index in [1.165, 1.54) is 18.4 Å². The first-order valence-corrected chi connectivity index (χ1v) is 5.66. The fourth-order valence-corrected chi connectivity index (χ4v) is 1.97. The minimum absolute atomic E-state index is 0.405. The third kappa shape index (κ3) is 2.56. The van der Waals surface area contributed by atoms with Crippen molar-refractivity contribution in [2.24, 2.45) is 5.92 Å². The van der Waals surface area contributed by atoms with E-state index in [0.717, 1.165) is 11.7 Å². The molecule has 2 rings (SSSR count). The molecule has 1 saturated carbocycles. The summed E-state index contributed by atoms with van der Waals surface area (Å²) in [7, 11) is 1.68. The molecule has 1 aliphatic carbocycles. The van der Waals surface area contributed by atoms with Gasteiger partial charge in [0.05, 0.1) is 13.7 Å². The van der Waals surface area contributed by atoms with Crippen molar-refractivity contribution in [2.45, 2.75) is 18.9 Å². The number of nitrogens with one attached hydrogen (secondary N) is 1. The lowest BCUT2D eigenvalue weighted by molar-refractivity contribution is 0.414. The summed E-state index contributed by atoms with van der Waals surface area (Å²) in [5.74, 6) is 4.29. The first-order valence-electron chi connectivity index (χ1n) is 5.66. The standard InChI is InChI=1S/C14H17NO/c1-3-10-15-14(11-4-5-11)12-6-8-13(16-2)9-7-12/h1,6-9,11,14-15H,4-5,10H2,2H3. The van der Waals surface area contributed by atoms with E-state index in [4.69, 9.17) is 11.2 Å². The zero-order valence-electron chi connectivity index (χ0n) is 9.57. The zero-order valence-corrected chi connectivity index (χ0v) is 9.57. The van der Waals surface area contributed by atoms with Gasteiger partial charge in [-0.1, -0.05) is 18.1 Å². The summed E-state index contributed by atoms with van der Waals surface area (Å²) in [5.41, 5.74) is 1.30. The molecule has 1 fully saturated rings. The molecule has 0 heterocycles. The molecule has 16 heavy (non-hydrogen) atoms. The van der Waals surface area contributed by atoms with Crippen LogP contribution in [0.25, 0.3) is 0 Å². The highest BCUT2D eigenvalue weighted by molar-refractivity contribution is 5.30. The molecule has 84 valence electrons. The van der Waals surface area contributed by atoms with Gasteiger partial charge in [0.25, 0.3) is 0 Å². The Morgan fingerprint density at radius 2 is 2.12 bits per heavy atom. The van der Waals surface area contributed by atoms with Gasteiger partial charge in [0.2, 0.25) is 0 Å². The van der Waals surface area contributed by atoms with E-state index in [9.17, 15) is 0 Å². The van der Waals surface area contributed by atoms with Crippen molar-refractivity contribution in [1.29, 1.82) is 0 Å². The molecule has 0 saturated heterocycles. The van der Waals surface area contributed by atoms with Gasteiger partial charge in [-0.15, -0.1) is 6.42 Å². The first kappa shape index (κ1) is 11.0. The van der Waals surface area contributed by atoms with Gasteiger partial charge < -0.3 is 4.74 Å². The van der Waals surface area contributed by atoms with Crippen LogP contribution < -0.4 is 10.1 Å². The normalized spacial score (nSPS) is 16.5. The van der Waals surface area contributed by atoms with Crippen molar-refractivity contribution < 1.29 is 4.74 Å². The molecule has 0 aliphatic heterocycles. The highest BCUT2D eigenvalue weighted by Crippen LogP contribution is 2.41. The molecular weight excluding hydrogens is 198 g/mol. The van der Waals surface area contributed by atoms with Gasteiger partial charge in [-0.2, -0.15) is 0 Å². The molecule has 1 aromatic carbocycles. The summed E-state index contributed by atoms with van der Waals surface area (Å²) in [5, 5.41) is 3.41. The summed E-state index contributed by atoms with van der Waals surface area (Å²) in [6, 6.07) is 8.64. The molecule has 0 radical (unpaired) electrons.